The van der Waals surface area contributed by atoms with Crippen molar-refractivity contribution in [3.8, 4) is 28.4 Å². The van der Waals surface area contributed by atoms with Gasteiger partial charge in [0.05, 0.1) is 40.1 Å². The van der Waals surface area contributed by atoms with E-state index in [0.717, 1.165) is 5.56 Å². The first-order valence-electron chi connectivity index (χ1n) is 20.3. The number of hydrogen-bond acceptors (Lipinski definition) is 13. The minimum atomic E-state index is -0.512. The SMILES string of the molecule is COCCNC(=O)CCNC(=O)OCC1c2ccccc2-c2ccccc21.COCCNC(=O)COc1ccc(CO)c(OC)c1.COCCNC(=O)COc1ccc(CO)cc1. The molecule has 63 heavy (non-hydrogen) atoms. The number of aliphatic hydroxyl groups is 2. The van der Waals surface area contributed by atoms with Gasteiger partial charge in [-0.15, -0.1) is 0 Å². The van der Waals surface area contributed by atoms with Crippen molar-refractivity contribution in [3.05, 3.63) is 113 Å². The average Bonchev–Trinajstić information content (AvgIpc) is 3.63. The summed E-state index contributed by atoms with van der Waals surface area (Å²) in [4.78, 5) is 46.3. The van der Waals surface area contributed by atoms with E-state index in [4.69, 9.17) is 43.4 Å². The van der Waals surface area contributed by atoms with Crippen LogP contribution < -0.4 is 35.5 Å². The molecule has 0 fully saturated rings. The van der Waals surface area contributed by atoms with Crippen molar-refractivity contribution in [2.45, 2.75) is 25.6 Å². The van der Waals surface area contributed by atoms with Gasteiger partial charge in [-0.2, -0.15) is 0 Å². The van der Waals surface area contributed by atoms with Crippen LogP contribution in [0.3, 0.4) is 0 Å². The zero-order valence-electron chi connectivity index (χ0n) is 36.3. The summed E-state index contributed by atoms with van der Waals surface area (Å²) in [6, 6.07) is 28.3. The van der Waals surface area contributed by atoms with E-state index in [1.165, 1.54) is 29.4 Å². The molecule has 1 aliphatic carbocycles. The zero-order chi connectivity index (χ0) is 45.7. The van der Waals surface area contributed by atoms with E-state index >= 15 is 0 Å². The number of amides is 4. The monoisotopic (exact) mass is 876 g/mol. The Bertz CT molecular complexity index is 1930. The first-order valence-corrected chi connectivity index (χ1v) is 20.3. The molecule has 4 aromatic rings. The summed E-state index contributed by atoms with van der Waals surface area (Å²) in [5.74, 6) is 1.13. The molecule has 0 saturated heterocycles. The van der Waals surface area contributed by atoms with Gasteiger partial charge in [-0.25, -0.2) is 4.79 Å². The first-order chi connectivity index (χ1) is 30.7. The van der Waals surface area contributed by atoms with E-state index in [1.54, 1.807) is 63.8 Å². The van der Waals surface area contributed by atoms with E-state index in [-0.39, 0.29) is 69.6 Å². The molecule has 0 bridgehead atoms. The third-order valence-electron chi connectivity index (χ3n) is 9.12. The minimum absolute atomic E-state index is 0.00220. The molecule has 0 unspecified atom stereocenters. The van der Waals surface area contributed by atoms with Crippen LogP contribution >= 0.6 is 0 Å². The number of nitrogens with one attached hydrogen (secondary N) is 4. The van der Waals surface area contributed by atoms with Crippen LogP contribution in [0.4, 0.5) is 4.79 Å². The molecule has 0 heterocycles. The molecule has 17 nitrogen and oxygen atoms in total. The fourth-order valence-corrected chi connectivity index (χ4v) is 5.93. The molecular weight excluding hydrogens is 817 g/mol. The topological polar surface area (TPSA) is 221 Å². The fourth-order valence-electron chi connectivity index (χ4n) is 5.93. The van der Waals surface area contributed by atoms with Crippen molar-refractivity contribution in [2.24, 2.45) is 0 Å². The maximum atomic E-state index is 12.0. The Morgan fingerprint density at radius 3 is 1.59 bits per heavy atom. The maximum absolute atomic E-state index is 12.0. The molecule has 4 aromatic carbocycles. The van der Waals surface area contributed by atoms with Gasteiger partial charge in [0.25, 0.3) is 11.8 Å². The van der Waals surface area contributed by atoms with Crippen LogP contribution in [0.2, 0.25) is 0 Å². The van der Waals surface area contributed by atoms with Crippen molar-refractivity contribution >= 4 is 23.8 Å². The summed E-state index contributed by atoms with van der Waals surface area (Å²) < 4.78 is 35.6. The summed E-state index contributed by atoms with van der Waals surface area (Å²) in [6.07, 6.45) is -0.310. The predicted molar refractivity (Wildman–Crippen MR) is 235 cm³/mol. The third-order valence-corrected chi connectivity index (χ3v) is 9.12. The summed E-state index contributed by atoms with van der Waals surface area (Å²) in [5.41, 5.74) is 6.19. The molecule has 0 spiro atoms. The first kappa shape index (κ1) is 51.1. The molecule has 4 amide bonds. The van der Waals surface area contributed by atoms with Crippen LogP contribution in [0, 0.1) is 0 Å². The fraction of sp³-hybridized carbons (Fsp3) is 0.391. The van der Waals surface area contributed by atoms with Gasteiger partial charge in [0.15, 0.2) is 13.2 Å². The zero-order valence-corrected chi connectivity index (χ0v) is 36.3. The number of rotatable bonds is 23. The van der Waals surface area contributed by atoms with Crippen molar-refractivity contribution in [1.82, 2.24) is 21.3 Å². The number of benzene rings is 4. The quantitative estimate of drug-likeness (QED) is 0.0590. The Balaban J connectivity index is 0.000000261. The molecule has 342 valence electrons. The maximum Gasteiger partial charge on any atom is 0.407 e. The molecule has 0 aliphatic heterocycles. The highest BCUT2D eigenvalue weighted by atomic mass is 16.5. The molecule has 0 aromatic heterocycles. The van der Waals surface area contributed by atoms with E-state index in [0.29, 0.717) is 62.3 Å². The average molecular weight is 877 g/mol. The van der Waals surface area contributed by atoms with Gasteiger partial charge in [-0.3, -0.25) is 14.4 Å². The van der Waals surface area contributed by atoms with Crippen LogP contribution in [-0.4, -0.2) is 128 Å². The lowest BCUT2D eigenvalue weighted by molar-refractivity contribution is -0.124. The number of aliphatic hydroxyl groups excluding tert-OH is 2. The second kappa shape index (κ2) is 29.9. The van der Waals surface area contributed by atoms with Gasteiger partial charge >= 0.3 is 6.09 Å². The van der Waals surface area contributed by atoms with Crippen molar-refractivity contribution < 1.29 is 62.5 Å². The summed E-state index contributed by atoms with van der Waals surface area (Å²) >= 11 is 0. The molecule has 1 aliphatic rings. The molecular formula is C46H60N4O13. The number of hydrogen-bond donors (Lipinski definition) is 6. The van der Waals surface area contributed by atoms with Crippen LogP contribution in [0.25, 0.3) is 11.1 Å². The molecule has 0 atom stereocenters. The Hall–Kier alpha value is -6.24. The molecule has 5 rings (SSSR count). The standard InChI is InChI=1S/C21H24N2O4.C13H19NO5.C12H17NO4/c1-26-13-12-22-20(24)10-11-23-21(25)27-14-19-17-8-4-2-6-15(17)16-7-3-5-9-18(16)19;1-17-6-5-14-13(16)9-19-11-4-3-10(8-15)12(7-11)18-2;1-16-7-6-13-12(15)9-17-11-4-2-10(8-14)3-5-11/h2-9,19H,10-14H2,1H3,(H,22,24)(H,23,25);3-4,7,15H,5-6,8-9H2,1-2H3,(H,14,16);2-5,14H,6-9H2,1H3,(H,13,15). The highest BCUT2D eigenvalue weighted by molar-refractivity contribution is 5.80. The molecule has 0 saturated carbocycles. The molecule has 6 N–H and O–H groups in total. The number of carbonyl (C=O) groups is 4. The second-order valence-corrected chi connectivity index (χ2v) is 13.5. The van der Waals surface area contributed by atoms with Crippen molar-refractivity contribution in [1.29, 1.82) is 0 Å². The minimum Gasteiger partial charge on any atom is -0.496 e. The highest BCUT2D eigenvalue weighted by Gasteiger charge is 2.29. The van der Waals surface area contributed by atoms with E-state index < -0.39 is 6.09 Å². The van der Waals surface area contributed by atoms with Gasteiger partial charge < -0.3 is 64.6 Å². The van der Waals surface area contributed by atoms with Gasteiger partial charge in [0.2, 0.25) is 5.91 Å². The lowest BCUT2D eigenvalue weighted by Gasteiger charge is -2.14. The van der Waals surface area contributed by atoms with Crippen LogP contribution in [0.1, 0.15) is 34.6 Å². The highest BCUT2D eigenvalue weighted by Crippen LogP contribution is 2.44. The largest absolute Gasteiger partial charge is 0.496 e. The van der Waals surface area contributed by atoms with Crippen LogP contribution in [0.5, 0.6) is 17.2 Å². The smallest absolute Gasteiger partial charge is 0.407 e. The Kier molecular flexibility index (Phi) is 24.3. The van der Waals surface area contributed by atoms with Gasteiger partial charge in [-0.1, -0.05) is 60.7 Å². The Labute approximate surface area is 368 Å². The predicted octanol–water partition coefficient (Wildman–Crippen LogP) is 3.33. The second-order valence-electron chi connectivity index (χ2n) is 13.5. The van der Waals surface area contributed by atoms with Crippen LogP contribution in [0.15, 0.2) is 91.0 Å². The van der Waals surface area contributed by atoms with Crippen LogP contribution in [-0.2, 0) is 46.5 Å². The Morgan fingerprint density at radius 1 is 0.571 bits per heavy atom. The van der Waals surface area contributed by atoms with E-state index in [1.807, 2.05) is 24.3 Å². The van der Waals surface area contributed by atoms with Gasteiger partial charge in [-0.05, 0) is 52.1 Å². The molecule has 17 heteroatoms. The summed E-state index contributed by atoms with van der Waals surface area (Å²) in [7, 11) is 6.23. The third kappa shape index (κ3) is 18.7. The number of methoxy groups -OCH3 is 4. The van der Waals surface area contributed by atoms with Crippen molar-refractivity contribution in [2.75, 3.05) is 94.3 Å². The number of ether oxygens (including phenoxy) is 7. The normalized spacial score (nSPS) is 11.0. The summed E-state index contributed by atoms with van der Waals surface area (Å²) in [6.45, 7) is 3.07. The van der Waals surface area contributed by atoms with Crippen molar-refractivity contribution in [3.63, 3.8) is 0 Å². The number of alkyl carbamates (subject to hydrolysis) is 1. The Morgan fingerprint density at radius 2 is 1.08 bits per heavy atom. The van der Waals surface area contributed by atoms with E-state index in [9.17, 15) is 19.2 Å². The number of carbonyl (C=O) groups excluding carboxylic acids is 4. The van der Waals surface area contributed by atoms with Gasteiger partial charge in [0, 0.05) is 71.5 Å². The lowest BCUT2D eigenvalue weighted by atomic mass is 9.98. The number of fused-ring (bicyclic) bond motifs is 3. The summed E-state index contributed by atoms with van der Waals surface area (Å²) in [5, 5.41) is 28.5. The van der Waals surface area contributed by atoms with Gasteiger partial charge in [0.1, 0.15) is 23.9 Å². The lowest BCUT2D eigenvalue weighted by Crippen LogP contribution is -2.32. The molecule has 0 radical (unpaired) electrons. The van der Waals surface area contributed by atoms with E-state index in [2.05, 4.69) is 45.5 Å².